The standard InChI is InChI=1S/C17H29ClN2O/c1-14(2)12-19-13-15-11-16(18)7-8-17(15)20(3)9-5-4-6-10-21/h7-8,11,14,19,21H,4-6,9-10,12-13H2,1-3H3. The van der Waals surface area contributed by atoms with Crippen LogP contribution >= 0.6 is 11.6 Å². The zero-order chi connectivity index (χ0) is 15.7. The van der Waals surface area contributed by atoms with Gasteiger partial charge in [-0.3, -0.25) is 0 Å². The monoisotopic (exact) mass is 312 g/mol. The number of hydrogen-bond donors (Lipinski definition) is 2. The number of halogens is 1. The normalized spacial score (nSPS) is 11.1. The molecule has 1 aromatic rings. The molecule has 2 N–H and O–H groups in total. The van der Waals surface area contributed by atoms with Crippen LogP contribution in [-0.2, 0) is 6.54 Å². The van der Waals surface area contributed by atoms with E-state index >= 15 is 0 Å². The van der Waals surface area contributed by atoms with E-state index < -0.39 is 0 Å². The van der Waals surface area contributed by atoms with Crippen molar-refractivity contribution in [2.45, 2.75) is 39.7 Å². The van der Waals surface area contributed by atoms with E-state index in [4.69, 9.17) is 16.7 Å². The second-order valence-corrected chi connectivity index (χ2v) is 6.44. The molecule has 0 aliphatic carbocycles. The van der Waals surface area contributed by atoms with Crippen LogP contribution in [0.25, 0.3) is 0 Å². The summed E-state index contributed by atoms with van der Waals surface area (Å²) in [5.74, 6) is 0.642. The van der Waals surface area contributed by atoms with E-state index in [-0.39, 0.29) is 6.61 Å². The topological polar surface area (TPSA) is 35.5 Å². The number of nitrogens with zero attached hydrogens (tertiary/aromatic N) is 1. The Labute approximate surface area is 134 Å². The van der Waals surface area contributed by atoms with Gasteiger partial charge in [0.05, 0.1) is 0 Å². The Morgan fingerprint density at radius 2 is 2.00 bits per heavy atom. The predicted octanol–water partition coefficient (Wildman–Crippen LogP) is 3.68. The van der Waals surface area contributed by atoms with Crippen molar-refractivity contribution in [3.05, 3.63) is 28.8 Å². The van der Waals surface area contributed by atoms with Gasteiger partial charge in [0.1, 0.15) is 0 Å². The van der Waals surface area contributed by atoms with Crippen LogP contribution in [-0.4, -0.2) is 31.9 Å². The van der Waals surface area contributed by atoms with Gasteiger partial charge in [-0.1, -0.05) is 25.4 Å². The van der Waals surface area contributed by atoms with Crippen molar-refractivity contribution in [2.75, 3.05) is 31.6 Å². The summed E-state index contributed by atoms with van der Waals surface area (Å²) in [6.07, 6.45) is 3.05. The van der Waals surface area contributed by atoms with Gasteiger partial charge in [0.25, 0.3) is 0 Å². The Kier molecular flexibility index (Phi) is 8.74. The minimum atomic E-state index is 0.287. The second kappa shape index (κ2) is 10.0. The molecule has 120 valence electrons. The fourth-order valence-corrected chi connectivity index (χ4v) is 2.52. The van der Waals surface area contributed by atoms with Gasteiger partial charge in [0.2, 0.25) is 0 Å². The largest absolute Gasteiger partial charge is 0.396 e. The molecule has 4 heteroatoms. The maximum absolute atomic E-state index is 8.83. The van der Waals surface area contributed by atoms with Crippen molar-refractivity contribution in [3.8, 4) is 0 Å². The van der Waals surface area contributed by atoms with E-state index in [2.05, 4.69) is 43.2 Å². The highest BCUT2D eigenvalue weighted by Gasteiger charge is 2.08. The van der Waals surface area contributed by atoms with E-state index in [1.165, 1.54) is 11.3 Å². The van der Waals surface area contributed by atoms with Gasteiger partial charge in [0, 0.05) is 37.5 Å². The molecule has 0 fully saturated rings. The second-order valence-electron chi connectivity index (χ2n) is 6.00. The minimum Gasteiger partial charge on any atom is -0.396 e. The average molecular weight is 313 g/mol. The molecular weight excluding hydrogens is 284 g/mol. The maximum Gasteiger partial charge on any atom is 0.0431 e. The number of unbranched alkanes of at least 4 members (excludes halogenated alkanes) is 2. The molecule has 0 radical (unpaired) electrons. The molecule has 21 heavy (non-hydrogen) atoms. The average Bonchev–Trinajstić information content (AvgIpc) is 2.43. The first kappa shape index (κ1) is 18.3. The molecule has 0 aliphatic rings. The molecule has 3 nitrogen and oxygen atoms in total. The van der Waals surface area contributed by atoms with Crippen molar-refractivity contribution >= 4 is 17.3 Å². The van der Waals surface area contributed by atoms with Gasteiger partial charge in [-0.2, -0.15) is 0 Å². The molecule has 0 atom stereocenters. The highest BCUT2D eigenvalue weighted by atomic mass is 35.5. The Morgan fingerprint density at radius 1 is 1.24 bits per heavy atom. The van der Waals surface area contributed by atoms with Crippen LogP contribution in [0.2, 0.25) is 5.02 Å². The van der Waals surface area contributed by atoms with Gasteiger partial charge in [0.15, 0.2) is 0 Å². The van der Waals surface area contributed by atoms with Gasteiger partial charge >= 0.3 is 0 Å². The quantitative estimate of drug-likeness (QED) is 0.647. The van der Waals surface area contributed by atoms with Gasteiger partial charge < -0.3 is 15.3 Å². The Hall–Kier alpha value is -0.770. The van der Waals surface area contributed by atoms with Crippen LogP contribution in [0.3, 0.4) is 0 Å². The molecule has 0 heterocycles. The summed E-state index contributed by atoms with van der Waals surface area (Å²) in [7, 11) is 2.12. The molecular formula is C17H29ClN2O. The number of aliphatic hydroxyl groups excluding tert-OH is 1. The van der Waals surface area contributed by atoms with Gasteiger partial charge in [-0.25, -0.2) is 0 Å². The first-order valence-electron chi connectivity index (χ1n) is 7.85. The number of hydrogen-bond acceptors (Lipinski definition) is 3. The molecule has 0 aromatic heterocycles. The molecule has 0 amide bonds. The third-order valence-corrected chi connectivity index (χ3v) is 3.71. The summed E-state index contributed by atoms with van der Waals surface area (Å²) >= 11 is 6.13. The molecule has 0 saturated carbocycles. The van der Waals surface area contributed by atoms with Crippen molar-refractivity contribution < 1.29 is 5.11 Å². The van der Waals surface area contributed by atoms with Gasteiger partial charge in [-0.05, 0) is 55.5 Å². The number of nitrogens with one attached hydrogen (secondary N) is 1. The Bertz CT molecular complexity index is 410. The van der Waals surface area contributed by atoms with Crippen molar-refractivity contribution in [3.63, 3.8) is 0 Å². The molecule has 0 aliphatic heterocycles. The smallest absolute Gasteiger partial charge is 0.0431 e. The lowest BCUT2D eigenvalue weighted by molar-refractivity contribution is 0.283. The molecule has 0 spiro atoms. The highest BCUT2D eigenvalue weighted by Crippen LogP contribution is 2.24. The molecule has 0 unspecified atom stereocenters. The number of aliphatic hydroxyl groups is 1. The number of anilines is 1. The van der Waals surface area contributed by atoms with E-state index in [1.807, 2.05) is 6.07 Å². The summed E-state index contributed by atoms with van der Waals surface area (Å²) in [4.78, 5) is 2.28. The predicted molar refractivity (Wildman–Crippen MR) is 92.2 cm³/mol. The third kappa shape index (κ3) is 7.16. The number of benzene rings is 1. The van der Waals surface area contributed by atoms with E-state index in [9.17, 15) is 0 Å². The van der Waals surface area contributed by atoms with Crippen LogP contribution in [0.1, 0.15) is 38.7 Å². The zero-order valence-electron chi connectivity index (χ0n) is 13.5. The minimum absolute atomic E-state index is 0.287. The fraction of sp³-hybridized carbons (Fsp3) is 0.647. The highest BCUT2D eigenvalue weighted by molar-refractivity contribution is 6.30. The lowest BCUT2D eigenvalue weighted by Gasteiger charge is -2.23. The summed E-state index contributed by atoms with van der Waals surface area (Å²) < 4.78 is 0. The van der Waals surface area contributed by atoms with E-state index in [0.717, 1.165) is 43.9 Å². The van der Waals surface area contributed by atoms with Crippen LogP contribution < -0.4 is 10.2 Å². The van der Waals surface area contributed by atoms with Crippen LogP contribution in [0.5, 0.6) is 0 Å². The Morgan fingerprint density at radius 3 is 2.67 bits per heavy atom. The lowest BCUT2D eigenvalue weighted by atomic mass is 10.1. The van der Waals surface area contributed by atoms with Crippen molar-refractivity contribution in [1.29, 1.82) is 0 Å². The van der Waals surface area contributed by atoms with Crippen molar-refractivity contribution in [2.24, 2.45) is 5.92 Å². The van der Waals surface area contributed by atoms with E-state index in [1.54, 1.807) is 0 Å². The molecule has 0 saturated heterocycles. The first-order valence-corrected chi connectivity index (χ1v) is 8.23. The summed E-state index contributed by atoms with van der Waals surface area (Å²) in [5.41, 5.74) is 2.48. The third-order valence-electron chi connectivity index (χ3n) is 3.47. The SMILES string of the molecule is CC(C)CNCc1cc(Cl)ccc1N(C)CCCCCO. The molecule has 0 bridgehead atoms. The van der Waals surface area contributed by atoms with Crippen molar-refractivity contribution in [1.82, 2.24) is 5.32 Å². The number of rotatable bonds is 10. The summed E-state index contributed by atoms with van der Waals surface area (Å²) in [6.45, 7) is 7.55. The first-order chi connectivity index (χ1) is 10.0. The van der Waals surface area contributed by atoms with Crippen LogP contribution in [0.4, 0.5) is 5.69 Å². The van der Waals surface area contributed by atoms with Crippen LogP contribution in [0.15, 0.2) is 18.2 Å². The lowest BCUT2D eigenvalue weighted by Crippen LogP contribution is -2.23. The van der Waals surface area contributed by atoms with E-state index in [0.29, 0.717) is 5.92 Å². The molecule has 1 aromatic carbocycles. The summed E-state index contributed by atoms with van der Waals surface area (Å²) in [5, 5.41) is 13.1. The zero-order valence-corrected chi connectivity index (χ0v) is 14.3. The maximum atomic E-state index is 8.83. The van der Waals surface area contributed by atoms with Gasteiger partial charge in [-0.15, -0.1) is 0 Å². The fourth-order valence-electron chi connectivity index (χ4n) is 2.32. The molecule has 1 rings (SSSR count). The van der Waals surface area contributed by atoms with Crippen LogP contribution in [0, 0.1) is 5.92 Å². The summed E-state index contributed by atoms with van der Waals surface area (Å²) in [6, 6.07) is 6.10. The Balaban J connectivity index is 2.62.